The third-order valence-electron chi connectivity index (χ3n) is 5.34. The maximum absolute atomic E-state index is 13.0. The van der Waals surface area contributed by atoms with Crippen LogP contribution in [0, 0.1) is 0 Å². The number of hydrogen-bond acceptors (Lipinski definition) is 3. The molecule has 3 rings (SSSR count). The smallest absolute Gasteiger partial charge is 0.259 e. The second-order valence-corrected chi connectivity index (χ2v) is 8.96. The molecule has 3 aromatic rings. The van der Waals surface area contributed by atoms with Crippen molar-refractivity contribution in [1.29, 1.82) is 0 Å². The molecular weight excluding hydrogens is 492 g/mol. The summed E-state index contributed by atoms with van der Waals surface area (Å²) in [6.07, 6.45) is 2.59. The van der Waals surface area contributed by atoms with Crippen LogP contribution in [0.5, 0.6) is 5.75 Å². The van der Waals surface area contributed by atoms with Crippen molar-refractivity contribution in [3.63, 3.8) is 0 Å². The topological polar surface area (TPSA) is 58.6 Å². The Labute approximate surface area is 210 Å². The Bertz CT molecular complexity index is 1080. The molecule has 0 saturated carbocycles. The maximum atomic E-state index is 13.0. The van der Waals surface area contributed by atoms with Gasteiger partial charge in [-0.3, -0.25) is 9.59 Å². The highest BCUT2D eigenvalue weighted by atomic mass is 79.9. The van der Waals surface area contributed by atoms with Crippen LogP contribution in [0.3, 0.4) is 0 Å². The van der Waals surface area contributed by atoms with Gasteiger partial charge in [-0.2, -0.15) is 0 Å². The quantitative estimate of drug-likeness (QED) is 0.309. The second-order valence-electron chi connectivity index (χ2n) is 8.05. The van der Waals surface area contributed by atoms with E-state index >= 15 is 0 Å². The van der Waals surface area contributed by atoms with Gasteiger partial charge in [0.15, 0.2) is 0 Å². The molecule has 0 atom stereocenters. The summed E-state index contributed by atoms with van der Waals surface area (Å²) >= 11 is 3.44. The molecule has 178 valence electrons. The monoisotopic (exact) mass is 522 g/mol. The standard InChI is InChI=1S/C28H31BrN2O3/c1-3-17-31(18-4-2)28(33)22-10-13-24(14-11-22)30-27(32)25-20-23(29)12-15-26(25)34-19-16-21-8-6-5-7-9-21/h5-15,20H,3-4,16-19H2,1-2H3,(H,30,32). The first-order valence-electron chi connectivity index (χ1n) is 11.7. The van der Waals surface area contributed by atoms with Crippen LogP contribution in [0.4, 0.5) is 5.69 Å². The number of anilines is 1. The number of halogens is 1. The van der Waals surface area contributed by atoms with Crippen LogP contribution in [0.25, 0.3) is 0 Å². The van der Waals surface area contributed by atoms with Crippen LogP contribution in [-0.4, -0.2) is 36.4 Å². The third kappa shape index (κ3) is 7.19. The van der Waals surface area contributed by atoms with Gasteiger partial charge in [0, 0.05) is 35.2 Å². The maximum Gasteiger partial charge on any atom is 0.259 e. The third-order valence-corrected chi connectivity index (χ3v) is 5.83. The van der Waals surface area contributed by atoms with Crippen molar-refractivity contribution in [2.45, 2.75) is 33.1 Å². The zero-order valence-corrected chi connectivity index (χ0v) is 21.3. The van der Waals surface area contributed by atoms with Crippen molar-refractivity contribution in [2.24, 2.45) is 0 Å². The summed E-state index contributed by atoms with van der Waals surface area (Å²) in [5.74, 6) is 0.273. The minimum absolute atomic E-state index is 0.0164. The Kier molecular flexibility index (Phi) is 9.71. The highest BCUT2D eigenvalue weighted by Gasteiger charge is 2.16. The average molecular weight is 523 g/mol. The highest BCUT2D eigenvalue weighted by molar-refractivity contribution is 9.10. The van der Waals surface area contributed by atoms with Crippen molar-refractivity contribution in [3.05, 3.63) is 94.0 Å². The Hall–Kier alpha value is -3.12. The van der Waals surface area contributed by atoms with Crippen molar-refractivity contribution >= 4 is 33.4 Å². The van der Waals surface area contributed by atoms with E-state index in [4.69, 9.17) is 4.74 Å². The van der Waals surface area contributed by atoms with Gasteiger partial charge < -0.3 is 15.0 Å². The lowest BCUT2D eigenvalue weighted by molar-refractivity contribution is 0.0755. The number of hydrogen-bond donors (Lipinski definition) is 1. The molecule has 0 saturated heterocycles. The van der Waals surface area contributed by atoms with Gasteiger partial charge >= 0.3 is 0 Å². The van der Waals surface area contributed by atoms with Gasteiger partial charge in [-0.1, -0.05) is 60.1 Å². The van der Waals surface area contributed by atoms with E-state index in [9.17, 15) is 9.59 Å². The van der Waals surface area contributed by atoms with Gasteiger partial charge in [-0.15, -0.1) is 0 Å². The van der Waals surface area contributed by atoms with Gasteiger partial charge in [0.2, 0.25) is 0 Å². The van der Waals surface area contributed by atoms with E-state index in [2.05, 4.69) is 47.2 Å². The highest BCUT2D eigenvalue weighted by Crippen LogP contribution is 2.25. The van der Waals surface area contributed by atoms with Crippen LogP contribution in [-0.2, 0) is 6.42 Å². The summed E-state index contributed by atoms with van der Waals surface area (Å²) in [4.78, 5) is 27.7. The lowest BCUT2D eigenvalue weighted by atomic mass is 10.1. The Morgan fingerprint density at radius 1 is 0.912 bits per heavy atom. The van der Waals surface area contributed by atoms with E-state index in [0.29, 0.717) is 29.2 Å². The molecule has 0 heterocycles. The number of nitrogens with one attached hydrogen (secondary N) is 1. The van der Waals surface area contributed by atoms with E-state index in [1.54, 1.807) is 36.4 Å². The van der Waals surface area contributed by atoms with Gasteiger partial charge in [0.05, 0.1) is 12.2 Å². The number of nitrogens with zero attached hydrogens (tertiary/aromatic N) is 1. The molecular formula is C28H31BrN2O3. The lowest BCUT2D eigenvalue weighted by Gasteiger charge is -2.21. The van der Waals surface area contributed by atoms with Gasteiger partial charge in [-0.25, -0.2) is 0 Å². The Morgan fingerprint density at radius 3 is 2.24 bits per heavy atom. The molecule has 0 aliphatic rings. The molecule has 0 unspecified atom stereocenters. The molecule has 0 aliphatic heterocycles. The SMILES string of the molecule is CCCN(CCC)C(=O)c1ccc(NC(=O)c2cc(Br)ccc2OCCc2ccccc2)cc1. The van der Waals surface area contributed by atoms with Crippen LogP contribution in [0.2, 0.25) is 0 Å². The fourth-order valence-electron chi connectivity index (χ4n) is 3.66. The fraction of sp³-hybridized carbons (Fsp3) is 0.286. The number of ether oxygens (including phenoxy) is 1. The Balaban J connectivity index is 1.66. The van der Waals surface area contributed by atoms with E-state index < -0.39 is 0 Å². The van der Waals surface area contributed by atoms with Crippen LogP contribution in [0.1, 0.15) is 53.0 Å². The van der Waals surface area contributed by atoms with E-state index in [-0.39, 0.29) is 11.8 Å². The largest absolute Gasteiger partial charge is 0.492 e. The molecule has 0 fully saturated rings. The normalized spacial score (nSPS) is 10.6. The van der Waals surface area contributed by atoms with Gasteiger partial charge in [-0.05, 0) is 60.9 Å². The van der Waals surface area contributed by atoms with Crippen molar-refractivity contribution < 1.29 is 14.3 Å². The molecule has 6 heteroatoms. The lowest BCUT2D eigenvalue weighted by Crippen LogP contribution is -2.32. The van der Waals surface area contributed by atoms with Crippen molar-refractivity contribution in [2.75, 3.05) is 25.0 Å². The fourth-order valence-corrected chi connectivity index (χ4v) is 4.02. The minimum atomic E-state index is -0.270. The summed E-state index contributed by atoms with van der Waals surface area (Å²) in [7, 11) is 0. The summed E-state index contributed by atoms with van der Waals surface area (Å²) in [5, 5.41) is 2.91. The summed E-state index contributed by atoms with van der Waals surface area (Å²) < 4.78 is 6.74. The summed E-state index contributed by atoms with van der Waals surface area (Å²) in [6.45, 7) is 6.07. The molecule has 0 aliphatic carbocycles. The molecule has 1 N–H and O–H groups in total. The first-order chi connectivity index (χ1) is 16.5. The number of rotatable bonds is 11. The second kappa shape index (κ2) is 12.9. The van der Waals surface area contributed by atoms with Crippen molar-refractivity contribution in [3.8, 4) is 5.75 Å². The summed E-state index contributed by atoms with van der Waals surface area (Å²) in [5.41, 5.74) is 2.86. The van der Waals surface area contributed by atoms with Gasteiger partial charge in [0.25, 0.3) is 11.8 Å². The molecule has 34 heavy (non-hydrogen) atoms. The zero-order valence-electron chi connectivity index (χ0n) is 19.7. The average Bonchev–Trinajstić information content (AvgIpc) is 2.85. The summed E-state index contributed by atoms with van der Waals surface area (Å²) in [6, 6.07) is 22.5. The zero-order chi connectivity index (χ0) is 24.3. The van der Waals surface area contributed by atoms with E-state index in [0.717, 1.165) is 36.8 Å². The van der Waals surface area contributed by atoms with E-state index in [1.165, 1.54) is 5.56 Å². The number of carbonyl (C=O) groups excluding carboxylic acids is 2. The molecule has 0 radical (unpaired) electrons. The van der Waals surface area contributed by atoms with Crippen LogP contribution >= 0.6 is 15.9 Å². The van der Waals surface area contributed by atoms with Crippen LogP contribution in [0.15, 0.2) is 77.3 Å². The van der Waals surface area contributed by atoms with Gasteiger partial charge in [0.1, 0.15) is 5.75 Å². The van der Waals surface area contributed by atoms with Crippen molar-refractivity contribution in [1.82, 2.24) is 4.90 Å². The first-order valence-corrected chi connectivity index (χ1v) is 12.5. The predicted octanol–water partition coefficient (Wildman–Crippen LogP) is 6.59. The van der Waals surface area contributed by atoms with E-state index in [1.807, 2.05) is 29.2 Å². The number of benzene rings is 3. The minimum Gasteiger partial charge on any atom is -0.492 e. The molecule has 0 aromatic heterocycles. The predicted molar refractivity (Wildman–Crippen MR) is 141 cm³/mol. The Morgan fingerprint density at radius 2 is 1.59 bits per heavy atom. The number of amides is 2. The van der Waals surface area contributed by atoms with Crippen LogP contribution < -0.4 is 10.1 Å². The molecule has 3 aromatic carbocycles. The molecule has 0 bridgehead atoms. The molecule has 0 spiro atoms. The number of carbonyl (C=O) groups is 2. The molecule has 5 nitrogen and oxygen atoms in total. The molecule has 2 amide bonds. The first kappa shape index (κ1) is 25.5.